The Labute approximate surface area is 138 Å². The number of ether oxygens (including phenoxy) is 1. The van der Waals surface area contributed by atoms with Gasteiger partial charge in [0.2, 0.25) is 0 Å². The van der Waals surface area contributed by atoms with Gasteiger partial charge in [0.15, 0.2) is 0 Å². The summed E-state index contributed by atoms with van der Waals surface area (Å²) in [5.74, 6) is -0.875. The van der Waals surface area contributed by atoms with Gasteiger partial charge in [0.05, 0.1) is 24.8 Å². The fourth-order valence-corrected chi connectivity index (χ4v) is 3.45. The number of carbonyl (C=O) groups excluding carboxylic acids is 1. The Balaban J connectivity index is 1.69. The van der Waals surface area contributed by atoms with Gasteiger partial charge < -0.3 is 10.1 Å². The van der Waals surface area contributed by atoms with Crippen LogP contribution in [0.25, 0.3) is 0 Å². The van der Waals surface area contributed by atoms with E-state index in [-0.39, 0.29) is 17.5 Å². The highest BCUT2D eigenvalue weighted by atomic mass is 32.1. The van der Waals surface area contributed by atoms with Crippen LogP contribution in [0.15, 0.2) is 41.1 Å². The van der Waals surface area contributed by atoms with Gasteiger partial charge >= 0.3 is 0 Å². The molecule has 0 saturated carbocycles. The number of benzene rings is 1. The van der Waals surface area contributed by atoms with Crippen LogP contribution < -0.4 is 5.32 Å². The predicted molar refractivity (Wildman–Crippen MR) is 88.2 cm³/mol. The van der Waals surface area contributed by atoms with Gasteiger partial charge in [0.25, 0.3) is 5.91 Å². The first-order valence-corrected chi connectivity index (χ1v) is 8.56. The van der Waals surface area contributed by atoms with Crippen LogP contribution in [0.1, 0.15) is 22.0 Å². The van der Waals surface area contributed by atoms with Gasteiger partial charge in [-0.3, -0.25) is 9.69 Å². The van der Waals surface area contributed by atoms with Crippen molar-refractivity contribution < 1.29 is 13.9 Å². The summed E-state index contributed by atoms with van der Waals surface area (Å²) in [6, 6.07) is 8.19. The molecular weight excluding hydrogens is 315 g/mol. The second-order valence-corrected chi connectivity index (χ2v) is 6.19. The zero-order valence-electron chi connectivity index (χ0n) is 12.7. The largest absolute Gasteiger partial charge is 0.379 e. The molecule has 1 atom stereocenters. The lowest BCUT2D eigenvalue weighted by atomic mass is 10.1. The number of hydrogen-bond acceptors (Lipinski definition) is 4. The van der Waals surface area contributed by atoms with Crippen molar-refractivity contribution in [3.63, 3.8) is 0 Å². The fraction of sp³-hybridized carbons (Fsp3) is 0.353. The second-order valence-electron chi connectivity index (χ2n) is 5.41. The molecule has 0 radical (unpaired) electrons. The molecule has 1 amide bonds. The molecule has 1 aromatic heterocycles. The molecule has 6 heteroatoms. The third-order valence-corrected chi connectivity index (χ3v) is 4.69. The first-order chi connectivity index (χ1) is 11.3. The molecule has 0 bridgehead atoms. The van der Waals surface area contributed by atoms with E-state index < -0.39 is 5.82 Å². The molecule has 2 heterocycles. The Morgan fingerprint density at radius 1 is 1.30 bits per heavy atom. The van der Waals surface area contributed by atoms with E-state index in [4.69, 9.17) is 4.74 Å². The second kappa shape index (κ2) is 7.68. The Morgan fingerprint density at radius 3 is 2.78 bits per heavy atom. The zero-order chi connectivity index (χ0) is 16.1. The number of amides is 1. The van der Waals surface area contributed by atoms with Gasteiger partial charge in [-0.15, -0.1) is 0 Å². The average molecular weight is 334 g/mol. The maximum Gasteiger partial charge on any atom is 0.254 e. The van der Waals surface area contributed by atoms with Crippen molar-refractivity contribution in [1.29, 1.82) is 0 Å². The maximum absolute atomic E-state index is 13.7. The van der Waals surface area contributed by atoms with Gasteiger partial charge in [-0.25, -0.2) is 4.39 Å². The summed E-state index contributed by atoms with van der Waals surface area (Å²) >= 11 is 1.63. The first kappa shape index (κ1) is 16.1. The summed E-state index contributed by atoms with van der Waals surface area (Å²) in [5, 5.41) is 6.99. The Morgan fingerprint density at radius 2 is 2.09 bits per heavy atom. The number of nitrogens with zero attached hydrogens (tertiary/aromatic N) is 1. The minimum absolute atomic E-state index is 0.0820. The van der Waals surface area contributed by atoms with Crippen LogP contribution in [-0.4, -0.2) is 43.7 Å². The Hall–Kier alpha value is -1.76. The molecule has 0 aliphatic carbocycles. The van der Waals surface area contributed by atoms with Gasteiger partial charge in [-0.2, -0.15) is 11.3 Å². The van der Waals surface area contributed by atoms with Gasteiger partial charge in [-0.05, 0) is 34.5 Å². The van der Waals surface area contributed by atoms with Gasteiger partial charge in [-0.1, -0.05) is 12.1 Å². The van der Waals surface area contributed by atoms with Crippen molar-refractivity contribution in [2.24, 2.45) is 0 Å². The van der Waals surface area contributed by atoms with E-state index in [9.17, 15) is 9.18 Å². The van der Waals surface area contributed by atoms with Crippen LogP contribution in [0.4, 0.5) is 4.39 Å². The lowest BCUT2D eigenvalue weighted by Crippen LogP contribution is -2.43. The van der Waals surface area contributed by atoms with Gasteiger partial charge in [0.1, 0.15) is 5.82 Å². The summed E-state index contributed by atoms with van der Waals surface area (Å²) in [5.41, 5.74) is 1.25. The molecule has 0 spiro atoms. The number of nitrogens with one attached hydrogen (secondary N) is 1. The van der Waals surface area contributed by atoms with E-state index in [1.807, 2.05) is 5.38 Å². The smallest absolute Gasteiger partial charge is 0.254 e. The SMILES string of the molecule is O=C(NC[C@@H](c1ccsc1)N1CCOCC1)c1ccccc1F. The summed E-state index contributed by atoms with van der Waals surface area (Å²) < 4.78 is 19.1. The van der Waals surface area contributed by atoms with Crippen molar-refractivity contribution in [2.45, 2.75) is 6.04 Å². The lowest BCUT2D eigenvalue weighted by Gasteiger charge is -2.34. The van der Waals surface area contributed by atoms with Crippen molar-refractivity contribution >= 4 is 17.2 Å². The van der Waals surface area contributed by atoms with Crippen molar-refractivity contribution in [1.82, 2.24) is 10.2 Å². The molecule has 3 rings (SSSR count). The predicted octanol–water partition coefficient (Wildman–Crippen LogP) is 2.69. The zero-order valence-corrected chi connectivity index (χ0v) is 13.5. The third kappa shape index (κ3) is 3.96. The minimum Gasteiger partial charge on any atom is -0.379 e. The van der Waals surface area contributed by atoms with Crippen molar-refractivity contribution in [2.75, 3.05) is 32.8 Å². The van der Waals surface area contributed by atoms with E-state index in [0.717, 1.165) is 13.1 Å². The lowest BCUT2D eigenvalue weighted by molar-refractivity contribution is 0.0163. The molecule has 4 nitrogen and oxygen atoms in total. The Kier molecular flexibility index (Phi) is 5.38. The van der Waals surface area contributed by atoms with Crippen LogP contribution in [0.3, 0.4) is 0 Å². The molecule has 1 aliphatic rings. The number of hydrogen-bond donors (Lipinski definition) is 1. The highest BCUT2D eigenvalue weighted by molar-refractivity contribution is 7.07. The van der Waals surface area contributed by atoms with E-state index in [0.29, 0.717) is 19.8 Å². The maximum atomic E-state index is 13.7. The molecule has 1 aromatic carbocycles. The quantitative estimate of drug-likeness (QED) is 0.914. The summed E-state index contributed by atoms with van der Waals surface area (Å²) in [4.78, 5) is 14.5. The number of thiophene rings is 1. The molecule has 1 aliphatic heterocycles. The summed E-state index contributed by atoms with van der Waals surface area (Å²) in [6.07, 6.45) is 0. The van der Waals surface area contributed by atoms with Gasteiger partial charge in [0, 0.05) is 19.6 Å². The molecule has 122 valence electrons. The summed E-state index contributed by atoms with van der Waals surface area (Å²) in [7, 11) is 0. The molecule has 1 N–H and O–H groups in total. The van der Waals surface area contributed by atoms with Crippen molar-refractivity contribution in [3.05, 3.63) is 58.0 Å². The van der Waals surface area contributed by atoms with Crippen LogP contribution >= 0.6 is 11.3 Å². The minimum atomic E-state index is -0.497. The molecule has 1 fully saturated rings. The van der Waals surface area contributed by atoms with Crippen molar-refractivity contribution in [3.8, 4) is 0 Å². The van der Waals surface area contributed by atoms with Crippen LogP contribution in [0.5, 0.6) is 0 Å². The van der Waals surface area contributed by atoms with E-state index in [2.05, 4.69) is 21.7 Å². The highest BCUT2D eigenvalue weighted by Gasteiger charge is 2.24. The van der Waals surface area contributed by atoms with Crippen LogP contribution in [-0.2, 0) is 4.74 Å². The average Bonchev–Trinajstić information content (AvgIpc) is 3.10. The molecule has 0 unspecified atom stereocenters. The van der Waals surface area contributed by atoms with Crippen LogP contribution in [0.2, 0.25) is 0 Å². The van der Waals surface area contributed by atoms with E-state index in [1.54, 1.807) is 23.5 Å². The normalized spacial score (nSPS) is 16.9. The number of morpholine rings is 1. The highest BCUT2D eigenvalue weighted by Crippen LogP contribution is 2.23. The molecule has 23 heavy (non-hydrogen) atoms. The number of carbonyl (C=O) groups is 1. The Bertz CT molecular complexity index is 642. The summed E-state index contributed by atoms with van der Waals surface area (Å²) in [6.45, 7) is 3.50. The first-order valence-electron chi connectivity index (χ1n) is 7.62. The third-order valence-electron chi connectivity index (χ3n) is 3.99. The number of halogens is 1. The van der Waals surface area contributed by atoms with E-state index >= 15 is 0 Å². The fourth-order valence-electron chi connectivity index (χ4n) is 2.74. The standard InChI is InChI=1S/C17H19FN2O2S/c18-15-4-2-1-3-14(15)17(21)19-11-16(13-5-10-23-12-13)20-6-8-22-9-7-20/h1-5,10,12,16H,6-9,11H2,(H,19,21)/t16-/m0/s1. The van der Waals surface area contributed by atoms with E-state index in [1.165, 1.54) is 17.7 Å². The van der Waals surface area contributed by atoms with Crippen LogP contribution in [0, 0.1) is 5.82 Å². The number of rotatable bonds is 5. The molecular formula is C17H19FN2O2S. The molecule has 1 saturated heterocycles. The topological polar surface area (TPSA) is 41.6 Å². The monoisotopic (exact) mass is 334 g/mol. The molecule has 2 aromatic rings.